The van der Waals surface area contributed by atoms with Crippen molar-refractivity contribution < 1.29 is 14.6 Å². The molecule has 2 N–H and O–H groups in total. The zero-order valence-electron chi connectivity index (χ0n) is 20.1. The SMILES string of the molecule is O=C1CC(c2ccccc2)c2c(cccc2OCC(O)CN2CCC(Cc3ccccc3)CC2)N1. The normalized spacial score (nSPS) is 19.6. The molecule has 0 aliphatic carbocycles. The first-order valence-electron chi connectivity index (χ1n) is 12.7. The number of nitrogens with one attached hydrogen (secondary N) is 1. The number of aliphatic hydroxyl groups is 1. The number of rotatable bonds is 8. The van der Waals surface area contributed by atoms with Crippen molar-refractivity contribution in [2.24, 2.45) is 5.92 Å². The average Bonchev–Trinajstić information content (AvgIpc) is 2.89. The number of carbonyl (C=O) groups excluding carboxylic acids is 1. The number of likely N-dealkylation sites (tertiary alicyclic amines) is 1. The lowest BCUT2D eigenvalue weighted by Crippen LogP contribution is -2.41. The zero-order valence-corrected chi connectivity index (χ0v) is 20.1. The summed E-state index contributed by atoms with van der Waals surface area (Å²) in [5, 5.41) is 13.7. The third-order valence-corrected chi connectivity index (χ3v) is 7.25. The Morgan fingerprint density at radius 3 is 2.40 bits per heavy atom. The second kappa shape index (κ2) is 11.1. The van der Waals surface area contributed by atoms with Crippen LogP contribution in [0.25, 0.3) is 0 Å². The van der Waals surface area contributed by atoms with E-state index in [9.17, 15) is 9.90 Å². The first kappa shape index (κ1) is 23.6. The number of aliphatic hydroxyl groups excluding tert-OH is 1. The monoisotopic (exact) mass is 470 g/mol. The van der Waals surface area contributed by atoms with Crippen LogP contribution in [0.4, 0.5) is 5.69 Å². The fraction of sp³-hybridized carbons (Fsp3) is 0.367. The van der Waals surface area contributed by atoms with Crippen molar-refractivity contribution in [1.82, 2.24) is 4.90 Å². The molecule has 0 aromatic heterocycles. The Kier molecular flexibility index (Phi) is 7.45. The lowest BCUT2D eigenvalue weighted by molar-refractivity contribution is -0.116. The minimum Gasteiger partial charge on any atom is -0.490 e. The molecule has 0 spiro atoms. The summed E-state index contributed by atoms with van der Waals surface area (Å²) in [5.74, 6) is 1.40. The van der Waals surface area contributed by atoms with Crippen molar-refractivity contribution in [3.8, 4) is 5.75 Å². The number of ether oxygens (including phenoxy) is 1. The Morgan fingerprint density at radius 1 is 0.943 bits per heavy atom. The minimum atomic E-state index is -0.565. The van der Waals surface area contributed by atoms with E-state index in [1.807, 2.05) is 36.4 Å². The molecule has 0 radical (unpaired) electrons. The first-order chi connectivity index (χ1) is 17.2. The van der Waals surface area contributed by atoms with Crippen molar-refractivity contribution in [2.45, 2.75) is 37.7 Å². The molecule has 2 unspecified atom stereocenters. The summed E-state index contributed by atoms with van der Waals surface area (Å²) in [6, 6.07) is 26.6. The maximum atomic E-state index is 12.3. The topological polar surface area (TPSA) is 61.8 Å². The molecule has 2 aliphatic rings. The van der Waals surface area contributed by atoms with Crippen molar-refractivity contribution >= 4 is 11.6 Å². The van der Waals surface area contributed by atoms with Gasteiger partial charge in [0.25, 0.3) is 0 Å². The van der Waals surface area contributed by atoms with Gasteiger partial charge < -0.3 is 20.1 Å². The van der Waals surface area contributed by atoms with Gasteiger partial charge in [-0.15, -0.1) is 0 Å². The standard InChI is InChI=1S/C30H34N2O3/c33-25(20-32-16-14-23(15-17-32)18-22-8-3-1-4-9-22)21-35-28-13-7-12-27-30(28)26(19-29(34)31-27)24-10-5-2-6-11-24/h1-13,23,25-26,33H,14-21H2,(H,31,34). The highest BCUT2D eigenvalue weighted by Gasteiger charge is 2.30. The number of hydrogen-bond donors (Lipinski definition) is 2. The van der Waals surface area contributed by atoms with Crippen LogP contribution in [0.5, 0.6) is 5.75 Å². The van der Waals surface area contributed by atoms with Crippen molar-refractivity contribution in [1.29, 1.82) is 0 Å². The van der Waals surface area contributed by atoms with Crippen molar-refractivity contribution in [3.63, 3.8) is 0 Å². The Balaban J connectivity index is 1.17. The maximum Gasteiger partial charge on any atom is 0.225 e. The summed E-state index contributed by atoms with van der Waals surface area (Å²) in [6.07, 6.45) is 3.28. The molecule has 3 aromatic rings. The van der Waals surface area contributed by atoms with Crippen LogP contribution in [-0.4, -0.2) is 48.3 Å². The number of piperidine rings is 1. The first-order valence-corrected chi connectivity index (χ1v) is 12.7. The fourth-order valence-electron chi connectivity index (χ4n) is 5.45. The highest BCUT2D eigenvalue weighted by Crippen LogP contribution is 2.42. The van der Waals surface area contributed by atoms with Gasteiger partial charge in [-0.2, -0.15) is 0 Å². The maximum absolute atomic E-state index is 12.3. The van der Waals surface area contributed by atoms with E-state index < -0.39 is 6.10 Å². The molecule has 1 saturated heterocycles. The molecule has 3 aromatic carbocycles. The summed E-state index contributed by atoms with van der Waals surface area (Å²) in [6.45, 7) is 2.87. The van der Waals surface area contributed by atoms with E-state index in [0.717, 1.165) is 54.9 Å². The second-order valence-electron chi connectivity index (χ2n) is 9.83. The Bertz CT molecular complexity index is 1110. The molecule has 182 valence electrons. The molecule has 1 fully saturated rings. The predicted molar refractivity (Wildman–Crippen MR) is 139 cm³/mol. The smallest absolute Gasteiger partial charge is 0.225 e. The average molecular weight is 471 g/mol. The van der Waals surface area contributed by atoms with Gasteiger partial charge in [0.1, 0.15) is 18.5 Å². The van der Waals surface area contributed by atoms with Gasteiger partial charge in [0.2, 0.25) is 5.91 Å². The summed E-state index contributed by atoms with van der Waals surface area (Å²) in [4.78, 5) is 14.7. The molecule has 5 heteroatoms. The number of benzene rings is 3. The molecule has 2 atom stereocenters. The number of anilines is 1. The van der Waals surface area contributed by atoms with Crippen LogP contribution in [0.15, 0.2) is 78.9 Å². The van der Waals surface area contributed by atoms with Gasteiger partial charge in [-0.25, -0.2) is 0 Å². The van der Waals surface area contributed by atoms with E-state index in [4.69, 9.17) is 4.74 Å². The fourth-order valence-corrected chi connectivity index (χ4v) is 5.45. The van der Waals surface area contributed by atoms with Crippen LogP contribution < -0.4 is 10.1 Å². The zero-order chi connectivity index (χ0) is 24.0. The molecule has 5 rings (SSSR count). The third-order valence-electron chi connectivity index (χ3n) is 7.25. The third kappa shape index (κ3) is 5.92. The van der Waals surface area contributed by atoms with E-state index in [1.54, 1.807) is 0 Å². The molecule has 35 heavy (non-hydrogen) atoms. The number of amides is 1. The van der Waals surface area contributed by atoms with Gasteiger partial charge in [0, 0.05) is 30.1 Å². The number of hydrogen-bond acceptors (Lipinski definition) is 4. The molecule has 1 amide bonds. The number of fused-ring (bicyclic) bond motifs is 1. The quantitative estimate of drug-likeness (QED) is 0.494. The van der Waals surface area contributed by atoms with Gasteiger partial charge in [-0.1, -0.05) is 66.7 Å². The molecular formula is C30H34N2O3. The number of β-amino-alcohol motifs (C(OH)–C–C–N with tert-alkyl or cyclic N) is 1. The Labute approximate surface area is 207 Å². The number of carbonyl (C=O) groups is 1. The Hall–Kier alpha value is -3.15. The minimum absolute atomic E-state index is 0.0132. The molecule has 5 nitrogen and oxygen atoms in total. The van der Waals surface area contributed by atoms with Gasteiger partial charge >= 0.3 is 0 Å². The van der Waals surface area contributed by atoms with Crippen LogP contribution in [0, 0.1) is 5.92 Å². The van der Waals surface area contributed by atoms with E-state index in [0.29, 0.717) is 18.9 Å². The summed E-state index contributed by atoms with van der Waals surface area (Å²) >= 11 is 0. The van der Waals surface area contributed by atoms with E-state index >= 15 is 0 Å². The highest BCUT2D eigenvalue weighted by molar-refractivity contribution is 5.96. The Morgan fingerprint density at radius 2 is 1.66 bits per heavy atom. The molecule has 2 aliphatic heterocycles. The predicted octanol–water partition coefficient (Wildman–Crippen LogP) is 4.86. The number of nitrogens with zero attached hydrogens (tertiary/aromatic N) is 1. The summed E-state index contributed by atoms with van der Waals surface area (Å²) < 4.78 is 6.17. The molecule has 0 bridgehead atoms. The van der Waals surface area contributed by atoms with Gasteiger partial charge in [0.15, 0.2) is 0 Å². The summed E-state index contributed by atoms with van der Waals surface area (Å²) in [5.41, 5.74) is 4.30. The van der Waals surface area contributed by atoms with Crippen molar-refractivity contribution in [3.05, 3.63) is 95.6 Å². The van der Waals surface area contributed by atoms with Crippen molar-refractivity contribution in [2.75, 3.05) is 31.6 Å². The molecule has 0 saturated carbocycles. The summed E-state index contributed by atoms with van der Waals surface area (Å²) in [7, 11) is 0. The van der Waals surface area contributed by atoms with E-state index in [2.05, 4.69) is 52.7 Å². The second-order valence-corrected chi connectivity index (χ2v) is 9.83. The molecule has 2 heterocycles. The van der Waals surface area contributed by atoms with Crippen LogP contribution in [0.1, 0.15) is 41.9 Å². The van der Waals surface area contributed by atoms with Crippen LogP contribution in [0.3, 0.4) is 0 Å². The highest BCUT2D eigenvalue weighted by atomic mass is 16.5. The van der Waals surface area contributed by atoms with E-state index in [-0.39, 0.29) is 18.4 Å². The lowest BCUT2D eigenvalue weighted by Gasteiger charge is -2.33. The van der Waals surface area contributed by atoms with Gasteiger partial charge in [0.05, 0.1) is 0 Å². The van der Waals surface area contributed by atoms with Gasteiger partial charge in [-0.3, -0.25) is 4.79 Å². The van der Waals surface area contributed by atoms with Crippen LogP contribution in [0.2, 0.25) is 0 Å². The van der Waals surface area contributed by atoms with Crippen LogP contribution >= 0.6 is 0 Å². The molecular weight excluding hydrogens is 436 g/mol. The van der Waals surface area contributed by atoms with Crippen LogP contribution in [-0.2, 0) is 11.2 Å². The largest absolute Gasteiger partial charge is 0.490 e. The van der Waals surface area contributed by atoms with E-state index in [1.165, 1.54) is 5.56 Å². The van der Waals surface area contributed by atoms with Gasteiger partial charge in [-0.05, 0) is 61.5 Å². The lowest BCUT2D eigenvalue weighted by atomic mass is 9.84.